The molecule has 0 aromatic rings. The van der Waals surface area contributed by atoms with Gasteiger partial charge in [0.25, 0.3) is 0 Å². The van der Waals surface area contributed by atoms with Crippen LogP contribution in [0.4, 0.5) is 0 Å². The average molecular weight is 373 g/mol. The second kappa shape index (κ2) is 11.5. The summed E-state index contributed by atoms with van der Waals surface area (Å²) in [5.74, 6) is -3.19. The Hall–Kier alpha value is -2.16. The highest BCUT2D eigenvalue weighted by molar-refractivity contribution is 5.93. The van der Waals surface area contributed by atoms with E-state index in [1.54, 1.807) is 6.92 Å². The first-order valence-electron chi connectivity index (χ1n) is 8.74. The summed E-state index contributed by atoms with van der Waals surface area (Å²) in [4.78, 5) is 47.3. The Morgan fingerprint density at radius 2 is 1.46 bits per heavy atom. The van der Waals surface area contributed by atoms with Crippen LogP contribution in [0, 0.1) is 11.8 Å². The molecule has 0 aliphatic heterocycles. The Balaban J connectivity index is 5.22. The highest BCUT2D eigenvalue weighted by Crippen LogP contribution is 2.10. The van der Waals surface area contributed by atoms with Crippen LogP contribution >= 0.6 is 0 Å². The molecule has 0 aliphatic rings. The van der Waals surface area contributed by atoms with Gasteiger partial charge in [-0.05, 0) is 18.3 Å². The molecule has 0 aromatic carbocycles. The van der Waals surface area contributed by atoms with Crippen molar-refractivity contribution in [1.82, 2.24) is 16.0 Å². The zero-order valence-electron chi connectivity index (χ0n) is 16.0. The van der Waals surface area contributed by atoms with E-state index < -0.39 is 48.4 Å². The fourth-order valence-electron chi connectivity index (χ4n) is 2.35. The minimum absolute atomic E-state index is 0.0475. The number of carbonyl (C=O) groups excluding carboxylic acids is 3. The maximum Gasteiger partial charge on any atom is 0.326 e. The van der Waals surface area contributed by atoms with E-state index in [4.69, 9.17) is 0 Å². The molecule has 0 saturated heterocycles. The molecule has 3 amide bonds. The molecule has 5 N–H and O–H groups in total. The lowest BCUT2D eigenvalue weighted by Gasteiger charge is -2.26. The molecule has 0 heterocycles. The molecule has 0 radical (unpaired) electrons. The summed E-state index contributed by atoms with van der Waals surface area (Å²) in [6.07, 6.45) is 0.843. The van der Waals surface area contributed by atoms with Gasteiger partial charge in [-0.25, -0.2) is 4.79 Å². The third kappa shape index (κ3) is 8.28. The SMILES string of the molecule is CC[C@H](C)[C@H](NC(=O)[C@H](CC(C)C)NC(=O)[C@H](CO)NC(C)=O)C(=O)O. The van der Waals surface area contributed by atoms with E-state index in [2.05, 4.69) is 16.0 Å². The Labute approximate surface area is 153 Å². The summed E-state index contributed by atoms with van der Waals surface area (Å²) >= 11 is 0. The van der Waals surface area contributed by atoms with Crippen molar-refractivity contribution < 1.29 is 29.4 Å². The van der Waals surface area contributed by atoms with Crippen LogP contribution in [0.15, 0.2) is 0 Å². The summed E-state index contributed by atoms with van der Waals surface area (Å²) in [5, 5.41) is 25.8. The number of hydrogen-bond acceptors (Lipinski definition) is 5. The lowest BCUT2D eigenvalue weighted by Crippen LogP contribution is -2.57. The van der Waals surface area contributed by atoms with Crippen LogP contribution in [0.2, 0.25) is 0 Å². The Kier molecular flexibility index (Phi) is 10.5. The number of aliphatic carboxylic acids is 1. The monoisotopic (exact) mass is 373 g/mol. The molecule has 0 aromatic heterocycles. The Bertz CT molecular complexity index is 509. The molecule has 26 heavy (non-hydrogen) atoms. The molecule has 0 saturated carbocycles. The maximum atomic E-state index is 12.5. The van der Waals surface area contributed by atoms with Crippen molar-refractivity contribution in [3.8, 4) is 0 Å². The average Bonchev–Trinajstić information content (AvgIpc) is 2.54. The third-order valence-corrected chi connectivity index (χ3v) is 3.99. The molecule has 0 unspecified atom stereocenters. The number of carboxylic acids is 1. The number of rotatable bonds is 11. The van der Waals surface area contributed by atoms with E-state index in [1.165, 1.54) is 6.92 Å². The molecule has 9 heteroatoms. The molecule has 0 bridgehead atoms. The zero-order valence-corrected chi connectivity index (χ0v) is 16.0. The predicted molar refractivity (Wildman–Crippen MR) is 95.1 cm³/mol. The number of carbonyl (C=O) groups is 4. The number of aliphatic hydroxyl groups excluding tert-OH is 1. The van der Waals surface area contributed by atoms with Gasteiger partial charge in [-0.2, -0.15) is 0 Å². The molecule has 4 atom stereocenters. The lowest BCUT2D eigenvalue weighted by molar-refractivity contribution is -0.144. The van der Waals surface area contributed by atoms with Gasteiger partial charge in [0, 0.05) is 6.92 Å². The van der Waals surface area contributed by atoms with E-state index >= 15 is 0 Å². The van der Waals surface area contributed by atoms with E-state index in [0.29, 0.717) is 6.42 Å². The second-order valence-electron chi connectivity index (χ2n) is 6.84. The summed E-state index contributed by atoms with van der Waals surface area (Å²) < 4.78 is 0. The van der Waals surface area contributed by atoms with Gasteiger partial charge in [0.15, 0.2) is 0 Å². The van der Waals surface area contributed by atoms with Crippen molar-refractivity contribution in [1.29, 1.82) is 0 Å². The minimum Gasteiger partial charge on any atom is -0.480 e. The summed E-state index contributed by atoms with van der Waals surface area (Å²) in [7, 11) is 0. The van der Waals surface area contributed by atoms with E-state index in [1.807, 2.05) is 20.8 Å². The quantitative estimate of drug-likeness (QED) is 0.334. The molecule has 0 aliphatic carbocycles. The summed E-state index contributed by atoms with van der Waals surface area (Å²) in [6.45, 7) is 7.83. The van der Waals surface area contributed by atoms with Gasteiger partial charge in [0.05, 0.1) is 6.61 Å². The summed E-state index contributed by atoms with van der Waals surface area (Å²) in [5.41, 5.74) is 0. The van der Waals surface area contributed by atoms with Crippen molar-refractivity contribution in [2.75, 3.05) is 6.61 Å². The molecular formula is C17H31N3O6. The number of carboxylic acid groups (broad SMARTS) is 1. The predicted octanol–water partition coefficient (Wildman–Crippen LogP) is -0.370. The van der Waals surface area contributed by atoms with Crippen molar-refractivity contribution in [3.63, 3.8) is 0 Å². The first-order valence-corrected chi connectivity index (χ1v) is 8.74. The first kappa shape index (κ1) is 23.8. The standard InChI is InChI=1S/C17H31N3O6/c1-6-10(4)14(17(25)26)20-15(23)12(7-9(2)3)19-16(24)13(8-21)18-11(5)22/h9-10,12-14,21H,6-8H2,1-5H3,(H,18,22)(H,19,24)(H,20,23)(H,25,26)/t10-,12-,13-,14-/m0/s1. The fraction of sp³-hybridized carbons (Fsp3) is 0.765. The van der Waals surface area contributed by atoms with Gasteiger partial charge >= 0.3 is 5.97 Å². The second-order valence-corrected chi connectivity index (χ2v) is 6.84. The number of hydrogen-bond donors (Lipinski definition) is 5. The van der Waals surface area contributed by atoms with E-state index in [9.17, 15) is 29.4 Å². The van der Waals surface area contributed by atoms with Gasteiger partial charge in [-0.15, -0.1) is 0 Å². The summed E-state index contributed by atoms with van der Waals surface area (Å²) in [6, 6.07) is -3.22. The Morgan fingerprint density at radius 3 is 1.85 bits per heavy atom. The fourth-order valence-corrected chi connectivity index (χ4v) is 2.35. The number of amides is 3. The molecule has 0 rings (SSSR count). The van der Waals surface area contributed by atoms with Crippen molar-refractivity contribution >= 4 is 23.7 Å². The normalized spacial score (nSPS) is 15.5. The van der Waals surface area contributed by atoms with Crippen molar-refractivity contribution in [2.24, 2.45) is 11.8 Å². The Morgan fingerprint density at radius 1 is 0.923 bits per heavy atom. The molecule has 0 spiro atoms. The van der Waals surface area contributed by atoms with Crippen LogP contribution in [-0.2, 0) is 19.2 Å². The largest absolute Gasteiger partial charge is 0.480 e. The van der Waals surface area contributed by atoms with Gasteiger partial charge in [-0.1, -0.05) is 34.1 Å². The van der Waals surface area contributed by atoms with Gasteiger partial charge < -0.3 is 26.2 Å². The minimum atomic E-state index is -1.18. The van der Waals surface area contributed by atoms with Gasteiger partial charge in [0.1, 0.15) is 18.1 Å². The highest BCUT2D eigenvalue weighted by atomic mass is 16.4. The first-order chi connectivity index (χ1) is 12.0. The van der Waals surface area contributed by atoms with E-state index in [-0.39, 0.29) is 18.3 Å². The van der Waals surface area contributed by atoms with Crippen LogP contribution in [0.3, 0.4) is 0 Å². The number of nitrogens with one attached hydrogen (secondary N) is 3. The molecule has 0 fully saturated rings. The smallest absolute Gasteiger partial charge is 0.326 e. The van der Waals surface area contributed by atoms with Crippen molar-refractivity contribution in [3.05, 3.63) is 0 Å². The van der Waals surface area contributed by atoms with Crippen LogP contribution < -0.4 is 16.0 Å². The van der Waals surface area contributed by atoms with Crippen LogP contribution in [0.5, 0.6) is 0 Å². The highest BCUT2D eigenvalue weighted by Gasteiger charge is 2.31. The van der Waals surface area contributed by atoms with Gasteiger partial charge in [-0.3, -0.25) is 14.4 Å². The van der Waals surface area contributed by atoms with Crippen LogP contribution in [-0.4, -0.2) is 58.6 Å². The van der Waals surface area contributed by atoms with Crippen LogP contribution in [0.1, 0.15) is 47.5 Å². The molecule has 150 valence electrons. The van der Waals surface area contributed by atoms with Crippen molar-refractivity contribution in [2.45, 2.75) is 65.6 Å². The zero-order chi connectivity index (χ0) is 20.4. The number of aliphatic hydroxyl groups is 1. The topological polar surface area (TPSA) is 145 Å². The lowest BCUT2D eigenvalue weighted by atomic mass is 9.97. The molecule has 9 nitrogen and oxygen atoms in total. The maximum absolute atomic E-state index is 12.5. The third-order valence-electron chi connectivity index (χ3n) is 3.99. The van der Waals surface area contributed by atoms with Gasteiger partial charge in [0.2, 0.25) is 17.7 Å². The van der Waals surface area contributed by atoms with E-state index in [0.717, 1.165) is 0 Å². The van der Waals surface area contributed by atoms with Crippen LogP contribution in [0.25, 0.3) is 0 Å². The molecular weight excluding hydrogens is 342 g/mol.